The minimum absolute atomic E-state index is 0.134. The topological polar surface area (TPSA) is 20.2 Å². The number of hydrogen-bond acceptors (Lipinski definition) is 1. The SMILES string of the molecule is Cc1cc(F)c(Cl)cc1CC1(O)CC1. The highest BCUT2D eigenvalue weighted by atomic mass is 35.5. The highest BCUT2D eigenvalue weighted by Crippen LogP contribution is 2.39. The van der Waals surface area contributed by atoms with E-state index in [0.717, 1.165) is 24.0 Å². The molecule has 0 aromatic heterocycles. The minimum Gasteiger partial charge on any atom is -0.390 e. The maximum atomic E-state index is 13.0. The average Bonchev–Trinajstić information content (AvgIpc) is 2.80. The number of halogens is 2. The molecule has 76 valence electrons. The van der Waals surface area contributed by atoms with Crippen LogP contribution in [0.3, 0.4) is 0 Å². The van der Waals surface area contributed by atoms with Gasteiger partial charge in [0.2, 0.25) is 0 Å². The summed E-state index contributed by atoms with van der Waals surface area (Å²) in [6.07, 6.45) is 2.25. The molecule has 1 fully saturated rings. The third-order valence-corrected chi connectivity index (χ3v) is 3.02. The summed E-state index contributed by atoms with van der Waals surface area (Å²) < 4.78 is 13.0. The Kier molecular flexibility index (Phi) is 2.28. The normalized spacial score (nSPS) is 18.3. The van der Waals surface area contributed by atoms with Crippen molar-refractivity contribution in [2.75, 3.05) is 0 Å². The van der Waals surface area contributed by atoms with Crippen LogP contribution >= 0.6 is 11.6 Å². The van der Waals surface area contributed by atoms with Gasteiger partial charge in [-0.15, -0.1) is 0 Å². The molecule has 1 saturated carbocycles. The molecule has 2 rings (SSSR count). The molecule has 1 nitrogen and oxygen atoms in total. The predicted molar refractivity (Wildman–Crippen MR) is 54.0 cm³/mol. The lowest BCUT2D eigenvalue weighted by atomic mass is 10.0. The Morgan fingerprint density at radius 1 is 1.50 bits per heavy atom. The Bertz CT molecular complexity index is 372. The van der Waals surface area contributed by atoms with Gasteiger partial charge < -0.3 is 5.11 Å². The summed E-state index contributed by atoms with van der Waals surface area (Å²) >= 11 is 5.68. The molecule has 0 aliphatic heterocycles. The van der Waals surface area contributed by atoms with Crippen LogP contribution < -0.4 is 0 Å². The third-order valence-electron chi connectivity index (χ3n) is 2.73. The van der Waals surface area contributed by atoms with Gasteiger partial charge in [0, 0.05) is 6.42 Å². The summed E-state index contributed by atoms with van der Waals surface area (Å²) in [6, 6.07) is 3.03. The van der Waals surface area contributed by atoms with E-state index in [1.165, 1.54) is 6.07 Å². The lowest BCUT2D eigenvalue weighted by molar-refractivity contribution is 0.150. The molecule has 0 spiro atoms. The third kappa shape index (κ3) is 1.91. The molecule has 14 heavy (non-hydrogen) atoms. The van der Waals surface area contributed by atoms with Gasteiger partial charge in [-0.3, -0.25) is 0 Å². The van der Waals surface area contributed by atoms with Crippen molar-refractivity contribution in [3.05, 3.63) is 34.1 Å². The lowest BCUT2D eigenvalue weighted by Gasteiger charge is -2.11. The first-order chi connectivity index (χ1) is 6.50. The summed E-state index contributed by atoms with van der Waals surface area (Å²) in [5.74, 6) is -0.393. The van der Waals surface area contributed by atoms with Crippen LogP contribution in [0.2, 0.25) is 5.02 Å². The summed E-state index contributed by atoms with van der Waals surface area (Å²) in [5, 5.41) is 9.86. The molecule has 1 aromatic carbocycles. The number of benzene rings is 1. The first kappa shape index (κ1) is 9.94. The molecule has 0 heterocycles. The minimum atomic E-state index is -0.550. The van der Waals surface area contributed by atoms with Crippen molar-refractivity contribution in [1.29, 1.82) is 0 Å². The maximum Gasteiger partial charge on any atom is 0.142 e. The zero-order valence-electron chi connectivity index (χ0n) is 7.98. The summed E-state index contributed by atoms with van der Waals surface area (Å²) in [6.45, 7) is 1.83. The maximum absolute atomic E-state index is 13.0. The van der Waals surface area contributed by atoms with E-state index in [-0.39, 0.29) is 5.02 Å². The van der Waals surface area contributed by atoms with Crippen LogP contribution in [-0.4, -0.2) is 10.7 Å². The van der Waals surface area contributed by atoms with Crippen molar-refractivity contribution in [2.45, 2.75) is 31.8 Å². The van der Waals surface area contributed by atoms with Crippen molar-refractivity contribution in [1.82, 2.24) is 0 Å². The van der Waals surface area contributed by atoms with Crippen LogP contribution in [0, 0.1) is 12.7 Å². The largest absolute Gasteiger partial charge is 0.390 e. The van der Waals surface area contributed by atoms with E-state index in [1.54, 1.807) is 6.07 Å². The van der Waals surface area contributed by atoms with Gasteiger partial charge in [-0.25, -0.2) is 4.39 Å². The van der Waals surface area contributed by atoms with Gasteiger partial charge in [0.05, 0.1) is 10.6 Å². The second kappa shape index (κ2) is 3.21. The molecular formula is C11H12ClFO. The second-order valence-electron chi connectivity index (χ2n) is 4.09. The van der Waals surface area contributed by atoms with Gasteiger partial charge in [-0.1, -0.05) is 11.6 Å². The Hall–Kier alpha value is -0.600. The average molecular weight is 215 g/mol. The predicted octanol–water partition coefficient (Wildman–Crippen LogP) is 2.85. The van der Waals surface area contributed by atoms with E-state index in [4.69, 9.17) is 11.6 Å². The van der Waals surface area contributed by atoms with Crippen molar-refractivity contribution in [3.63, 3.8) is 0 Å². The molecular weight excluding hydrogens is 203 g/mol. The molecule has 3 heteroatoms. The first-order valence-electron chi connectivity index (χ1n) is 4.67. The van der Waals surface area contributed by atoms with Crippen LogP contribution in [-0.2, 0) is 6.42 Å². The van der Waals surface area contributed by atoms with Crippen molar-refractivity contribution >= 4 is 11.6 Å². The molecule has 0 unspecified atom stereocenters. The van der Waals surface area contributed by atoms with Crippen LogP contribution in [0.4, 0.5) is 4.39 Å². The van der Waals surface area contributed by atoms with Gasteiger partial charge in [0.25, 0.3) is 0 Å². The quantitative estimate of drug-likeness (QED) is 0.803. The van der Waals surface area contributed by atoms with Crippen molar-refractivity contribution < 1.29 is 9.50 Å². The molecule has 1 aliphatic rings. The van der Waals surface area contributed by atoms with Crippen molar-refractivity contribution in [3.8, 4) is 0 Å². The van der Waals surface area contributed by atoms with E-state index >= 15 is 0 Å². The van der Waals surface area contributed by atoms with Gasteiger partial charge in [0.1, 0.15) is 5.82 Å². The summed E-state index contributed by atoms with van der Waals surface area (Å²) in [4.78, 5) is 0. The van der Waals surface area contributed by atoms with Gasteiger partial charge >= 0.3 is 0 Å². The van der Waals surface area contributed by atoms with E-state index in [0.29, 0.717) is 6.42 Å². The Balaban J connectivity index is 2.29. The summed E-state index contributed by atoms with van der Waals surface area (Å²) in [7, 11) is 0. The molecule has 1 N–H and O–H groups in total. The Morgan fingerprint density at radius 3 is 2.71 bits per heavy atom. The number of rotatable bonds is 2. The van der Waals surface area contributed by atoms with E-state index < -0.39 is 11.4 Å². The molecule has 0 radical (unpaired) electrons. The lowest BCUT2D eigenvalue weighted by Crippen LogP contribution is -2.11. The monoisotopic (exact) mass is 214 g/mol. The molecule has 1 aromatic rings. The number of hydrogen-bond donors (Lipinski definition) is 1. The summed E-state index contributed by atoms with van der Waals surface area (Å²) in [5.41, 5.74) is 1.25. The standard InChI is InChI=1S/C11H12ClFO/c1-7-4-10(13)9(12)5-8(7)6-11(14)2-3-11/h4-5,14H,2-3,6H2,1H3. The van der Waals surface area contributed by atoms with E-state index in [2.05, 4.69) is 0 Å². The van der Waals surface area contributed by atoms with Gasteiger partial charge in [-0.2, -0.15) is 0 Å². The van der Waals surface area contributed by atoms with Crippen LogP contribution in [0.15, 0.2) is 12.1 Å². The molecule has 0 saturated heterocycles. The van der Waals surface area contributed by atoms with Gasteiger partial charge in [-0.05, 0) is 43.0 Å². The molecule has 0 amide bonds. The van der Waals surface area contributed by atoms with Gasteiger partial charge in [0.15, 0.2) is 0 Å². The number of aryl methyl sites for hydroxylation is 1. The van der Waals surface area contributed by atoms with Crippen LogP contribution in [0.5, 0.6) is 0 Å². The fourth-order valence-corrected chi connectivity index (χ4v) is 1.74. The second-order valence-corrected chi connectivity index (χ2v) is 4.50. The fourth-order valence-electron chi connectivity index (χ4n) is 1.55. The van der Waals surface area contributed by atoms with Crippen LogP contribution in [0.25, 0.3) is 0 Å². The molecule has 0 atom stereocenters. The van der Waals surface area contributed by atoms with E-state index in [1.807, 2.05) is 6.92 Å². The molecule has 0 bridgehead atoms. The van der Waals surface area contributed by atoms with E-state index in [9.17, 15) is 9.50 Å². The highest BCUT2D eigenvalue weighted by molar-refractivity contribution is 6.30. The molecule has 1 aliphatic carbocycles. The fraction of sp³-hybridized carbons (Fsp3) is 0.455. The zero-order chi connectivity index (χ0) is 10.3. The Labute approximate surface area is 87.5 Å². The zero-order valence-corrected chi connectivity index (χ0v) is 8.74. The first-order valence-corrected chi connectivity index (χ1v) is 5.05. The number of aliphatic hydroxyl groups is 1. The van der Waals surface area contributed by atoms with Crippen molar-refractivity contribution in [2.24, 2.45) is 0 Å². The highest BCUT2D eigenvalue weighted by Gasteiger charge is 2.40. The van der Waals surface area contributed by atoms with Crippen LogP contribution in [0.1, 0.15) is 24.0 Å². The Morgan fingerprint density at radius 2 is 2.14 bits per heavy atom. The smallest absolute Gasteiger partial charge is 0.142 e.